The van der Waals surface area contributed by atoms with Crippen molar-refractivity contribution in [2.45, 2.75) is 112 Å². The van der Waals surface area contributed by atoms with Gasteiger partial charge in [0, 0.05) is 30.8 Å². The molecule has 0 spiro atoms. The molecule has 5 aliphatic rings. The van der Waals surface area contributed by atoms with Crippen LogP contribution in [0.3, 0.4) is 0 Å². The summed E-state index contributed by atoms with van der Waals surface area (Å²) in [6, 6.07) is -0.582. The van der Waals surface area contributed by atoms with Crippen LogP contribution in [-0.2, 0) is 9.59 Å². The molecule has 1 N–H and O–H groups in total. The van der Waals surface area contributed by atoms with E-state index in [4.69, 9.17) is 6.57 Å². The van der Waals surface area contributed by atoms with Crippen molar-refractivity contribution in [3.05, 3.63) is 11.4 Å². The highest BCUT2D eigenvalue weighted by atomic mass is 16.3. The van der Waals surface area contributed by atoms with Crippen molar-refractivity contribution in [2.75, 3.05) is 6.61 Å². The number of hydrogen-bond donors (Lipinski definition) is 1. The van der Waals surface area contributed by atoms with E-state index in [1.165, 1.54) is 0 Å². The van der Waals surface area contributed by atoms with E-state index >= 15 is 0 Å². The smallest absolute Gasteiger partial charge is 0.281 e. The van der Waals surface area contributed by atoms with Crippen LogP contribution >= 0.6 is 0 Å². The second-order valence-electron chi connectivity index (χ2n) is 15.6. The molecule has 5 fully saturated rings. The van der Waals surface area contributed by atoms with Gasteiger partial charge >= 0.3 is 0 Å². The largest absolute Gasteiger partial charge is 0.396 e. The summed E-state index contributed by atoms with van der Waals surface area (Å²) in [6.07, 6.45) is 8.45. The van der Waals surface area contributed by atoms with Crippen LogP contribution in [0.1, 0.15) is 106 Å². The van der Waals surface area contributed by atoms with E-state index in [1.54, 1.807) is 0 Å². The van der Waals surface area contributed by atoms with Crippen LogP contribution in [0.25, 0.3) is 4.85 Å². The van der Waals surface area contributed by atoms with E-state index < -0.39 is 11.5 Å². The monoisotopic (exact) mass is 481 g/mol. The Labute approximate surface area is 212 Å². The second kappa shape index (κ2) is 7.43. The van der Waals surface area contributed by atoms with Gasteiger partial charge in [-0.25, -0.2) is 6.57 Å². The Bertz CT molecular complexity index is 992. The Morgan fingerprint density at radius 2 is 1.54 bits per heavy atom. The van der Waals surface area contributed by atoms with Gasteiger partial charge in [-0.2, -0.15) is 0 Å². The van der Waals surface area contributed by atoms with Crippen molar-refractivity contribution in [1.82, 2.24) is 0 Å². The lowest BCUT2D eigenvalue weighted by molar-refractivity contribution is -0.237. The third kappa shape index (κ3) is 3.06. The third-order valence-electron chi connectivity index (χ3n) is 13.4. The summed E-state index contributed by atoms with van der Waals surface area (Å²) in [6.45, 7) is 24.0. The predicted octanol–water partition coefficient (Wildman–Crippen LogP) is 6.51. The van der Waals surface area contributed by atoms with Crippen LogP contribution in [-0.4, -0.2) is 29.3 Å². The number of aliphatic hydroxyl groups excluding tert-OH is 1. The molecule has 0 saturated heterocycles. The maximum absolute atomic E-state index is 14.3. The molecule has 4 heteroatoms. The number of hydrogen-bond acceptors (Lipinski definition) is 3. The van der Waals surface area contributed by atoms with Crippen molar-refractivity contribution < 1.29 is 14.7 Å². The summed E-state index contributed by atoms with van der Waals surface area (Å²) in [4.78, 5) is 31.4. The SMILES string of the molecule is [C-]#[N+]C1C[C@@]2(C)C(CC[C@]3(C)[C@@H]2CC(=O)[C@@H]2[C@@H]4CC(C)(C)CC[C@]4(CO)CC[C@]23C)C(C)(C)C1=O. The second-order valence-corrected chi connectivity index (χ2v) is 15.6. The molecule has 194 valence electrons. The van der Waals surface area contributed by atoms with Crippen molar-refractivity contribution in [3.8, 4) is 0 Å². The normalized spacial score (nSPS) is 52.4. The topological polar surface area (TPSA) is 58.7 Å². The predicted molar refractivity (Wildman–Crippen MR) is 137 cm³/mol. The molecule has 9 atom stereocenters. The zero-order valence-electron chi connectivity index (χ0n) is 23.2. The fraction of sp³-hybridized carbons (Fsp3) is 0.903. The van der Waals surface area contributed by atoms with E-state index in [2.05, 4.69) is 53.3 Å². The molecule has 2 unspecified atom stereocenters. The highest BCUT2D eigenvalue weighted by molar-refractivity contribution is 5.92. The van der Waals surface area contributed by atoms with Crippen molar-refractivity contribution in [3.63, 3.8) is 0 Å². The molecule has 0 radical (unpaired) electrons. The van der Waals surface area contributed by atoms with Gasteiger partial charge in [0.05, 0.1) is 0 Å². The average Bonchev–Trinajstić information content (AvgIpc) is 2.77. The van der Waals surface area contributed by atoms with E-state index in [0.717, 1.165) is 44.9 Å². The fourth-order valence-corrected chi connectivity index (χ4v) is 11.1. The van der Waals surface area contributed by atoms with Gasteiger partial charge in [0.1, 0.15) is 5.78 Å². The highest BCUT2D eigenvalue weighted by Crippen LogP contribution is 2.76. The fourth-order valence-electron chi connectivity index (χ4n) is 11.1. The third-order valence-corrected chi connectivity index (χ3v) is 13.4. The van der Waals surface area contributed by atoms with Crippen LogP contribution in [0.5, 0.6) is 0 Å². The Balaban J connectivity index is 1.60. The van der Waals surface area contributed by atoms with Gasteiger partial charge < -0.3 is 9.95 Å². The molecule has 0 aromatic carbocycles. The maximum Gasteiger partial charge on any atom is 0.281 e. The lowest BCUT2D eigenvalue weighted by atomic mass is 9.31. The molecular weight excluding hydrogens is 434 g/mol. The first-order valence-electron chi connectivity index (χ1n) is 14.2. The number of Topliss-reactive ketones (excluding diaryl/α,β-unsaturated/α-hetero) is 2. The molecule has 4 nitrogen and oxygen atoms in total. The summed E-state index contributed by atoms with van der Waals surface area (Å²) >= 11 is 0. The van der Waals surface area contributed by atoms with Gasteiger partial charge in [-0.3, -0.25) is 9.59 Å². The highest BCUT2D eigenvalue weighted by Gasteiger charge is 2.73. The molecule has 5 rings (SSSR count). The number of carbonyl (C=O) groups excluding carboxylic acids is 2. The Morgan fingerprint density at radius 1 is 0.886 bits per heavy atom. The van der Waals surface area contributed by atoms with E-state index in [9.17, 15) is 14.7 Å². The van der Waals surface area contributed by atoms with E-state index in [-0.39, 0.29) is 63.1 Å². The van der Waals surface area contributed by atoms with Crippen LogP contribution in [0.15, 0.2) is 0 Å². The molecule has 0 aromatic heterocycles. The first-order chi connectivity index (χ1) is 16.1. The standard InChI is InChI=1S/C31H47NO3/c1-26(2)11-13-31(18-33)14-12-30(7)24(19(31)16-26)21(34)15-23-28(5)17-20(32-8)25(35)27(3,4)22(28)9-10-29(23,30)6/h19-20,22-24,33H,9-18H2,1-7H3/t19-,20?,22?,23+,24-,28-,29+,30+,31+/m0/s1. The lowest BCUT2D eigenvalue weighted by Crippen LogP contribution is -2.70. The van der Waals surface area contributed by atoms with E-state index in [1.807, 2.05) is 0 Å². The van der Waals surface area contributed by atoms with E-state index in [0.29, 0.717) is 18.6 Å². The zero-order valence-corrected chi connectivity index (χ0v) is 23.2. The number of fused-ring (bicyclic) bond motifs is 7. The summed E-state index contributed by atoms with van der Waals surface area (Å²) in [5, 5.41) is 10.7. The number of carbonyl (C=O) groups is 2. The molecule has 0 heterocycles. The van der Waals surface area contributed by atoms with Gasteiger partial charge in [-0.1, -0.05) is 48.5 Å². The number of ketones is 2. The van der Waals surface area contributed by atoms with Gasteiger partial charge in [-0.15, -0.1) is 0 Å². The van der Waals surface area contributed by atoms with Gasteiger partial charge in [-0.05, 0) is 89.8 Å². The summed E-state index contributed by atoms with van der Waals surface area (Å²) < 4.78 is 0. The minimum atomic E-state index is -0.582. The average molecular weight is 482 g/mol. The molecular formula is C31H47NO3. The number of nitrogens with zero attached hydrogens (tertiary/aromatic N) is 1. The summed E-state index contributed by atoms with van der Waals surface area (Å²) in [7, 11) is 0. The van der Waals surface area contributed by atoms with Gasteiger partial charge in [0.2, 0.25) is 5.78 Å². The summed E-state index contributed by atoms with van der Waals surface area (Å²) in [5.41, 5.74) is -0.690. The zero-order chi connectivity index (χ0) is 25.8. The minimum absolute atomic E-state index is 0.00305. The molecule has 35 heavy (non-hydrogen) atoms. The van der Waals surface area contributed by atoms with Crippen molar-refractivity contribution in [1.29, 1.82) is 0 Å². The Kier molecular flexibility index (Phi) is 5.40. The molecule has 0 aromatic rings. The lowest BCUT2D eigenvalue weighted by Gasteiger charge is -2.72. The van der Waals surface area contributed by atoms with Crippen molar-refractivity contribution >= 4 is 11.6 Å². The van der Waals surface area contributed by atoms with Crippen LogP contribution in [0.2, 0.25) is 0 Å². The minimum Gasteiger partial charge on any atom is -0.396 e. The number of aliphatic hydroxyl groups is 1. The Morgan fingerprint density at radius 3 is 2.17 bits per heavy atom. The van der Waals surface area contributed by atoms with Crippen LogP contribution < -0.4 is 0 Å². The first kappa shape index (κ1) is 25.4. The molecule has 5 aliphatic carbocycles. The van der Waals surface area contributed by atoms with Gasteiger partial charge in [0.25, 0.3) is 6.04 Å². The first-order valence-corrected chi connectivity index (χ1v) is 14.2. The van der Waals surface area contributed by atoms with Crippen LogP contribution in [0, 0.1) is 62.7 Å². The molecule has 0 amide bonds. The quantitative estimate of drug-likeness (QED) is 0.435. The molecule has 0 bridgehead atoms. The number of rotatable bonds is 1. The molecule has 0 aliphatic heterocycles. The summed E-state index contributed by atoms with van der Waals surface area (Å²) in [5.74, 6) is 1.22. The maximum atomic E-state index is 14.3. The van der Waals surface area contributed by atoms with Crippen LogP contribution in [0.4, 0.5) is 0 Å². The Hall–Kier alpha value is -1.21. The molecule has 5 saturated carbocycles. The van der Waals surface area contributed by atoms with Gasteiger partial charge in [0.15, 0.2) is 0 Å². The van der Waals surface area contributed by atoms with Crippen molar-refractivity contribution in [2.24, 2.45) is 56.2 Å².